The van der Waals surface area contributed by atoms with Crippen molar-refractivity contribution in [3.8, 4) is 5.75 Å². The maximum Gasteiger partial charge on any atom is 0.239 e. The zero-order valence-electron chi connectivity index (χ0n) is 17.6. The highest BCUT2D eigenvalue weighted by Crippen LogP contribution is 2.29. The van der Waals surface area contributed by atoms with Crippen LogP contribution in [-0.4, -0.2) is 29.9 Å². The van der Waals surface area contributed by atoms with Crippen LogP contribution in [0.4, 0.5) is 5.69 Å². The summed E-state index contributed by atoms with van der Waals surface area (Å²) in [4.78, 5) is 28.1. The third kappa shape index (κ3) is 4.91. The SMILES string of the molecule is COc1ccc(C)cc1NC(=O)C(C)(C)C(=O)N(Cc1ccccc1)C(C)C. The van der Waals surface area contributed by atoms with Crippen molar-refractivity contribution in [3.63, 3.8) is 0 Å². The van der Waals surface area contributed by atoms with Crippen molar-refractivity contribution >= 4 is 17.5 Å². The van der Waals surface area contributed by atoms with Crippen LogP contribution in [0, 0.1) is 12.3 Å². The van der Waals surface area contributed by atoms with Crippen LogP contribution >= 0.6 is 0 Å². The van der Waals surface area contributed by atoms with Gasteiger partial charge in [-0.25, -0.2) is 0 Å². The lowest BCUT2D eigenvalue weighted by molar-refractivity contribution is -0.148. The van der Waals surface area contributed by atoms with Gasteiger partial charge < -0.3 is 15.0 Å². The van der Waals surface area contributed by atoms with E-state index in [0.29, 0.717) is 18.0 Å². The van der Waals surface area contributed by atoms with Gasteiger partial charge in [-0.2, -0.15) is 0 Å². The number of methoxy groups -OCH3 is 1. The monoisotopic (exact) mass is 382 g/mol. The molecule has 0 aliphatic heterocycles. The van der Waals surface area contributed by atoms with Crippen LogP contribution in [0.2, 0.25) is 0 Å². The third-order valence-electron chi connectivity index (χ3n) is 4.79. The molecule has 0 spiro atoms. The first-order chi connectivity index (χ1) is 13.2. The summed E-state index contributed by atoms with van der Waals surface area (Å²) in [5.41, 5.74) is 1.36. The van der Waals surface area contributed by atoms with Crippen LogP contribution in [0.3, 0.4) is 0 Å². The average molecular weight is 383 g/mol. The summed E-state index contributed by atoms with van der Waals surface area (Å²) >= 11 is 0. The minimum absolute atomic E-state index is 0.0340. The van der Waals surface area contributed by atoms with E-state index in [-0.39, 0.29) is 17.9 Å². The number of amides is 2. The van der Waals surface area contributed by atoms with Gasteiger partial charge in [0.2, 0.25) is 11.8 Å². The zero-order chi connectivity index (χ0) is 20.9. The van der Waals surface area contributed by atoms with Crippen LogP contribution < -0.4 is 10.1 Å². The minimum atomic E-state index is -1.23. The number of hydrogen-bond acceptors (Lipinski definition) is 3. The molecule has 0 aliphatic rings. The highest BCUT2D eigenvalue weighted by Gasteiger charge is 2.40. The second-order valence-electron chi connectivity index (χ2n) is 7.80. The van der Waals surface area contributed by atoms with Crippen LogP contribution in [-0.2, 0) is 16.1 Å². The van der Waals surface area contributed by atoms with Crippen molar-refractivity contribution in [1.82, 2.24) is 4.90 Å². The Morgan fingerprint density at radius 2 is 1.75 bits per heavy atom. The molecule has 1 N–H and O–H groups in total. The van der Waals surface area contributed by atoms with Gasteiger partial charge in [0, 0.05) is 12.6 Å². The summed E-state index contributed by atoms with van der Waals surface area (Å²) in [7, 11) is 1.55. The van der Waals surface area contributed by atoms with E-state index in [4.69, 9.17) is 4.74 Å². The summed E-state index contributed by atoms with van der Waals surface area (Å²) in [6.07, 6.45) is 0. The van der Waals surface area contributed by atoms with E-state index in [1.54, 1.807) is 31.9 Å². The fourth-order valence-corrected chi connectivity index (χ4v) is 2.92. The second-order valence-corrected chi connectivity index (χ2v) is 7.80. The standard InChI is InChI=1S/C23H30N2O3/c1-16(2)25(15-18-10-8-7-9-11-18)22(27)23(4,5)21(26)24-19-14-17(3)12-13-20(19)28-6/h7-14,16H,15H2,1-6H3,(H,24,26). The number of hydrogen-bond donors (Lipinski definition) is 1. The fourth-order valence-electron chi connectivity index (χ4n) is 2.92. The van der Waals surface area contributed by atoms with E-state index in [0.717, 1.165) is 11.1 Å². The predicted molar refractivity (Wildman–Crippen MR) is 112 cm³/mol. The molecule has 28 heavy (non-hydrogen) atoms. The molecule has 0 saturated heterocycles. The van der Waals surface area contributed by atoms with E-state index in [2.05, 4.69) is 5.32 Å². The summed E-state index contributed by atoms with van der Waals surface area (Å²) in [6, 6.07) is 15.3. The number of nitrogens with zero attached hydrogens (tertiary/aromatic N) is 1. The number of aryl methyl sites for hydroxylation is 1. The van der Waals surface area contributed by atoms with Crippen LogP contribution in [0.15, 0.2) is 48.5 Å². The molecule has 0 bridgehead atoms. The van der Waals surface area contributed by atoms with E-state index >= 15 is 0 Å². The topological polar surface area (TPSA) is 58.6 Å². The minimum Gasteiger partial charge on any atom is -0.495 e. The first-order valence-electron chi connectivity index (χ1n) is 9.48. The van der Waals surface area contributed by atoms with Gasteiger partial charge in [0.05, 0.1) is 12.8 Å². The third-order valence-corrected chi connectivity index (χ3v) is 4.79. The highest BCUT2D eigenvalue weighted by molar-refractivity contribution is 6.10. The van der Waals surface area contributed by atoms with Gasteiger partial charge in [-0.05, 0) is 57.9 Å². The van der Waals surface area contributed by atoms with E-state index < -0.39 is 5.41 Å². The fraction of sp³-hybridized carbons (Fsp3) is 0.391. The Bertz CT molecular complexity index is 829. The smallest absolute Gasteiger partial charge is 0.239 e. The Morgan fingerprint density at radius 1 is 1.11 bits per heavy atom. The molecule has 0 radical (unpaired) electrons. The van der Waals surface area contributed by atoms with Gasteiger partial charge in [0.25, 0.3) is 0 Å². The number of nitrogens with one attached hydrogen (secondary N) is 1. The van der Waals surface area contributed by atoms with Gasteiger partial charge >= 0.3 is 0 Å². The number of carbonyl (C=O) groups is 2. The van der Waals surface area contributed by atoms with E-state index in [1.807, 2.05) is 63.2 Å². The molecule has 0 unspecified atom stereocenters. The van der Waals surface area contributed by atoms with Gasteiger partial charge in [-0.3, -0.25) is 9.59 Å². The summed E-state index contributed by atoms with van der Waals surface area (Å²) < 4.78 is 5.33. The molecule has 0 fully saturated rings. The maximum absolute atomic E-state index is 13.3. The first-order valence-corrected chi connectivity index (χ1v) is 9.48. The van der Waals surface area contributed by atoms with Gasteiger partial charge in [-0.1, -0.05) is 36.4 Å². The maximum atomic E-state index is 13.3. The number of rotatable bonds is 7. The second kappa shape index (κ2) is 8.91. The zero-order valence-corrected chi connectivity index (χ0v) is 17.6. The predicted octanol–water partition coefficient (Wildman–Crippen LogP) is 4.41. The average Bonchev–Trinajstić information content (AvgIpc) is 2.66. The molecule has 0 aliphatic carbocycles. The molecular formula is C23H30N2O3. The highest BCUT2D eigenvalue weighted by atomic mass is 16.5. The Balaban J connectivity index is 2.24. The lowest BCUT2D eigenvalue weighted by Crippen LogP contribution is -2.49. The Morgan fingerprint density at radius 3 is 2.32 bits per heavy atom. The molecule has 2 aromatic carbocycles. The lowest BCUT2D eigenvalue weighted by atomic mass is 9.89. The molecule has 2 aromatic rings. The molecular weight excluding hydrogens is 352 g/mol. The Kier molecular flexibility index (Phi) is 6.84. The molecule has 5 heteroatoms. The van der Waals surface area contributed by atoms with E-state index in [9.17, 15) is 9.59 Å². The lowest BCUT2D eigenvalue weighted by Gasteiger charge is -2.34. The number of benzene rings is 2. The Hall–Kier alpha value is -2.82. The summed E-state index contributed by atoms with van der Waals surface area (Å²) in [5, 5.41) is 2.87. The Labute approximate surface area is 167 Å². The van der Waals surface area contributed by atoms with Crippen molar-refractivity contribution in [2.24, 2.45) is 5.41 Å². The van der Waals surface area contributed by atoms with Crippen molar-refractivity contribution in [2.45, 2.75) is 47.2 Å². The van der Waals surface area contributed by atoms with Gasteiger partial charge in [0.1, 0.15) is 11.2 Å². The number of ether oxygens (including phenoxy) is 1. The van der Waals surface area contributed by atoms with Crippen molar-refractivity contribution < 1.29 is 14.3 Å². The van der Waals surface area contributed by atoms with Gasteiger partial charge in [0.15, 0.2) is 0 Å². The van der Waals surface area contributed by atoms with Crippen LogP contribution in [0.25, 0.3) is 0 Å². The van der Waals surface area contributed by atoms with Crippen molar-refractivity contribution in [2.75, 3.05) is 12.4 Å². The normalized spacial score (nSPS) is 11.2. The summed E-state index contributed by atoms with van der Waals surface area (Å²) in [5.74, 6) is -0.0113. The van der Waals surface area contributed by atoms with Crippen molar-refractivity contribution in [1.29, 1.82) is 0 Å². The summed E-state index contributed by atoms with van der Waals surface area (Å²) in [6.45, 7) is 9.63. The van der Waals surface area contributed by atoms with Gasteiger partial charge in [-0.15, -0.1) is 0 Å². The quantitative estimate of drug-likeness (QED) is 0.722. The number of carbonyl (C=O) groups excluding carboxylic acids is 2. The molecule has 2 amide bonds. The van der Waals surface area contributed by atoms with Crippen LogP contribution in [0.5, 0.6) is 5.75 Å². The largest absolute Gasteiger partial charge is 0.495 e. The molecule has 0 atom stereocenters. The number of anilines is 1. The van der Waals surface area contributed by atoms with Crippen molar-refractivity contribution in [3.05, 3.63) is 59.7 Å². The molecule has 2 rings (SSSR count). The first kappa shape index (κ1) is 21.5. The molecule has 5 nitrogen and oxygen atoms in total. The molecule has 0 saturated carbocycles. The molecule has 0 heterocycles. The molecule has 150 valence electrons. The van der Waals surface area contributed by atoms with Crippen LogP contribution in [0.1, 0.15) is 38.8 Å². The molecule has 0 aromatic heterocycles. The van der Waals surface area contributed by atoms with E-state index in [1.165, 1.54) is 0 Å².